The lowest BCUT2D eigenvalue weighted by Crippen LogP contribution is -2.36. The van der Waals surface area contributed by atoms with Gasteiger partial charge in [-0.15, -0.1) is 0 Å². The molecule has 1 aliphatic rings. The topological polar surface area (TPSA) is 131 Å². The summed E-state index contributed by atoms with van der Waals surface area (Å²) in [6, 6.07) is 0. The van der Waals surface area contributed by atoms with E-state index in [9.17, 15) is 19.4 Å². The molecule has 5 N–H and O–H groups in total. The van der Waals surface area contributed by atoms with Crippen molar-refractivity contribution in [1.29, 1.82) is 0 Å². The first kappa shape index (κ1) is 12.9. The summed E-state index contributed by atoms with van der Waals surface area (Å²) in [5.41, 5.74) is 4.18. The highest BCUT2D eigenvalue weighted by atomic mass is 19.1. The van der Waals surface area contributed by atoms with Crippen LogP contribution in [0.3, 0.4) is 0 Å². The number of aliphatic hydroxyl groups is 3. The monoisotopic (exact) mass is 261 g/mol. The molecule has 18 heavy (non-hydrogen) atoms. The first-order valence-electron chi connectivity index (χ1n) is 5.12. The number of aliphatic hydroxyl groups excluding tert-OH is 3. The van der Waals surface area contributed by atoms with Gasteiger partial charge in [0.2, 0.25) is 0 Å². The van der Waals surface area contributed by atoms with E-state index in [1.54, 1.807) is 0 Å². The van der Waals surface area contributed by atoms with Crippen LogP contribution in [0.1, 0.15) is 6.23 Å². The van der Waals surface area contributed by atoms with Gasteiger partial charge in [0.1, 0.15) is 18.3 Å². The molecule has 1 saturated heterocycles. The number of halogens is 1. The van der Waals surface area contributed by atoms with Crippen LogP contribution in [0.2, 0.25) is 0 Å². The van der Waals surface area contributed by atoms with E-state index in [0.29, 0.717) is 4.57 Å². The number of nitrogens with zero attached hydrogens (tertiary/aromatic N) is 2. The van der Waals surface area contributed by atoms with Crippen molar-refractivity contribution in [3.63, 3.8) is 0 Å². The van der Waals surface area contributed by atoms with Crippen LogP contribution in [0.4, 0.5) is 10.2 Å². The predicted molar refractivity (Wildman–Crippen MR) is 55.9 cm³/mol. The lowest BCUT2D eigenvalue weighted by atomic mass is 10.1. The Morgan fingerprint density at radius 2 is 2.17 bits per heavy atom. The molecule has 100 valence electrons. The number of hydrogen-bond donors (Lipinski definition) is 4. The van der Waals surface area contributed by atoms with Crippen LogP contribution in [-0.2, 0) is 4.74 Å². The number of hydrogen-bond acceptors (Lipinski definition) is 7. The third kappa shape index (κ3) is 1.97. The van der Waals surface area contributed by atoms with E-state index < -0.39 is 48.5 Å². The van der Waals surface area contributed by atoms with Crippen LogP contribution >= 0.6 is 0 Å². The number of nitrogens with two attached hydrogens (primary N) is 1. The lowest BCUT2D eigenvalue weighted by Gasteiger charge is -2.17. The standard InChI is InChI=1S/C9H12FN3O5/c10-3-1-13(9(17)12-7(3)11)8-6(16)5(15)4(2-14)18-8/h1,4-6,8,14-16H,2H2,(H2,11,12,17)/t4-,5+,6+,8+/m0/s1. The van der Waals surface area contributed by atoms with Crippen LogP contribution in [-0.4, -0.2) is 49.8 Å². The maximum atomic E-state index is 13.2. The van der Waals surface area contributed by atoms with Crippen molar-refractivity contribution in [3.8, 4) is 0 Å². The van der Waals surface area contributed by atoms with Gasteiger partial charge in [0.15, 0.2) is 17.9 Å². The van der Waals surface area contributed by atoms with Crippen molar-refractivity contribution in [1.82, 2.24) is 9.55 Å². The average Bonchev–Trinajstić information content (AvgIpc) is 2.61. The molecular weight excluding hydrogens is 249 g/mol. The smallest absolute Gasteiger partial charge is 0.351 e. The minimum Gasteiger partial charge on any atom is -0.394 e. The molecule has 0 amide bonds. The fraction of sp³-hybridized carbons (Fsp3) is 0.556. The second-order valence-corrected chi connectivity index (χ2v) is 3.89. The van der Waals surface area contributed by atoms with Gasteiger partial charge in [0.05, 0.1) is 12.8 Å². The van der Waals surface area contributed by atoms with Crippen molar-refractivity contribution in [2.24, 2.45) is 0 Å². The van der Waals surface area contributed by atoms with Crippen LogP contribution in [0.5, 0.6) is 0 Å². The number of rotatable bonds is 2. The molecule has 0 aromatic carbocycles. The minimum absolute atomic E-state index is 0.547. The number of anilines is 1. The van der Waals surface area contributed by atoms with Crippen molar-refractivity contribution in [2.75, 3.05) is 12.3 Å². The summed E-state index contributed by atoms with van der Waals surface area (Å²) in [4.78, 5) is 14.7. The Hall–Kier alpha value is -1.55. The molecule has 0 unspecified atom stereocenters. The largest absolute Gasteiger partial charge is 0.394 e. The van der Waals surface area contributed by atoms with E-state index in [-0.39, 0.29) is 0 Å². The maximum absolute atomic E-state index is 13.2. The van der Waals surface area contributed by atoms with Gasteiger partial charge in [-0.2, -0.15) is 4.98 Å². The van der Waals surface area contributed by atoms with Gasteiger partial charge in [-0.25, -0.2) is 9.18 Å². The molecule has 9 heteroatoms. The summed E-state index contributed by atoms with van der Waals surface area (Å²) in [6.07, 6.45) is -4.52. The Bertz CT molecular complexity index is 507. The quantitative estimate of drug-likeness (QED) is 0.465. The molecule has 4 atom stereocenters. The maximum Gasteiger partial charge on any atom is 0.351 e. The van der Waals surface area contributed by atoms with Crippen LogP contribution in [0.15, 0.2) is 11.0 Å². The Labute approximate surface area is 100 Å². The number of aromatic nitrogens is 2. The van der Waals surface area contributed by atoms with E-state index in [4.69, 9.17) is 15.6 Å². The van der Waals surface area contributed by atoms with Gasteiger partial charge >= 0.3 is 5.69 Å². The van der Waals surface area contributed by atoms with Gasteiger partial charge in [0, 0.05) is 0 Å². The minimum atomic E-state index is -1.48. The first-order chi connectivity index (χ1) is 8.45. The van der Waals surface area contributed by atoms with Crippen molar-refractivity contribution in [3.05, 3.63) is 22.5 Å². The van der Waals surface area contributed by atoms with E-state index >= 15 is 0 Å². The highest BCUT2D eigenvalue weighted by Gasteiger charge is 2.43. The SMILES string of the molecule is Nc1nc(=O)n([C@@H]2O[C@@H](CO)[C@@H](O)[C@H]2O)cc1F. The zero-order chi connectivity index (χ0) is 13.4. The highest BCUT2D eigenvalue weighted by Crippen LogP contribution is 2.28. The third-order valence-electron chi connectivity index (χ3n) is 2.73. The van der Waals surface area contributed by atoms with Gasteiger partial charge in [-0.1, -0.05) is 0 Å². The lowest BCUT2D eigenvalue weighted by molar-refractivity contribution is -0.0553. The number of ether oxygens (including phenoxy) is 1. The van der Waals surface area contributed by atoms with Crippen molar-refractivity contribution in [2.45, 2.75) is 24.5 Å². The van der Waals surface area contributed by atoms with Gasteiger partial charge in [-0.3, -0.25) is 4.57 Å². The average molecular weight is 261 g/mol. The van der Waals surface area contributed by atoms with Gasteiger partial charge in [0.25, 0.3) is 0 Å². The molecular formula is C9H12FN3O5. The summed E-state index contributed by atoms with van der Waals surface area (Å²) < 4.78 is 19.0. The Balaban J connectivity index is 2.39. The number of nitrogen functional groups attached to an aromatic ring is 1. The van der Waals surface area contributed by atoms with Crippen LogP contribution in [0, 0.1) is 5.82 Å². The van der Waals surface area contributed by atoms with E-state index in [0.717, 1.165) is 6.20 Å². The summed E-state index contributed by atoms with van der Waals surface area (Å²) in [5.74, 6) is -1.52. The van der Waals surface area contributed by atoms with Gasteiger partial charge in [-0.05, 0) is 0 Å². The Kier molecular flexibility index (Phi) is 3.30. The molecule has 1 aromatic heterocycles. The molecule has 0 bridgehead atoms. The molecule has 1 fully saturated rings. The fourth-order valence-electron chi connectivity index (χ4n) is 1.75. The van der Waals surface area contributed by atoms with E-state index in [2.05, 4.69) is 4.98 Å². The summed E-state index contributed by atoms with van der Waals surface area (Å²) in [7, 11) is 0. The molecule has 0 spiro atoms. The zero-order valence-electron chi connectivity index (χ0n) is 9.10. The highest BCUT2D eigenvalue weighted by molar-refractivity contribution is 5.26. The molecule has 8 nitrogen and oxygen atoms in total. The van der Waals surface area contributed by atoms with E-state index in [1.165, 1.54) is 0 Å². The molecule has 0 saturated carbocycles. The summed E-state index contributed by atoms with van der Waals surface area (Å²) >= 11 is 0. The summed E-state index contributed by atoms with van der Waals surface area (Å²) in [6.45, 7) is -0.547. The molecule has 0 aliphatic carbocycles. The Morgan fingerprint density at radius 3 is 2.72 bits per heavy atom. The Morgan fingerprint density at radius 1 is 1.50 bits per heavy atom. The van der Waals surface area contributed by atoms with Crippen LogP contribution in [0.25, 0.3) is 0 Å². The van der Waals surface area contributed by atoms with E-state index in [1.807, 2.05) is 0 Å². The van der Waals surface area contributed by atoms with Crippen LogP contribution < -0.4 is 11.4 Å². The molecule has 2 heterocycles. The second kappa shape index (κ2) is 4.61. The van der Waals surface area contributed by atoms with Crippen molar-refractivity contribution >= 4 is 5.82 Å². The predicted octanol–water partition coefficient (Wildman–Crippen LogP) is -2.42. The molecule has 1 aliphatic heterocycles. The molecule has 2 rings (SSSR count). The first-order valence-corrected chi connectivity index (χ1v) is 5.12. The zero-order valence-corrected chi connectivity index (χ0v) is 9.10. The summed E-state index contributed by atoms with van der Waals surface area (Å²) in [5, 5.41) is 28.1. The third-order valence-corrected chi connectivity index (χ3v) is 2.73. The second-order valence-electron chi connectivity index (χ2n) is 3.89. The molecule has 1 aromatic rings. The fourth-order valence-corrected chi connectivity index (χ4v) is 1.75. The molecule has 0 radical (unpaired) electrons. The van der Waals surface area contributed by atoms with Crippen molar-refractivity contribution < 1.29 is 24.4 Å². The normalized spacial score (nSPS) is 31.8. The van der Waals surface area contributed by atoms with Gasteiger partial charge < -0.3 is 25.8 Å².